The Bertz CT molecular complexity index is 752. The summed E-state index contributed by atoms with van der Waals surface area (Å²) >= 11 is 12.7. The highest BCUT2D eigenvalue weighted by Gasteiger charge is 2.41. The maximum absolute atomic E-state index is 12.7. The second kappa shape index (κ2) is 10.1. The third-order valence-electron chi connectivity index (χ3n) is 4.33. The van der Waals surface area contributed by atoms with Gasteiger partial charge in [0.05, 0.1) is 6.61 Å². The molecule has 0 radical (unpaired) electrons. The standard InChI is InChI=1S/C20H25Cl2O4P/c1-3-4-5-10-15-25-27(23,24)26-20(2,16-11-6-8-13-18(16)21)17-12-7-9-14-19(17)22/h6-9,11-14H,3-5,10,15H2,1-2H3,(H,23,24). The number of phosphoric acid groups is 1. The van der Waals surface area contributed by atoms with Crippen LogP contribution in [-0.4, -0.2) is 11.5 Å². The first kappa shape index (κ1) is 22.4. The van der Waals surface area contributed by atoms with Gasteiger partial charge < -0.3 is 4.89 Å². The molecule has 1 N–H and O–H groups in total. The summed E-state index contributed by atoms with van der Waals surface area (Å²) < 4.78 is 23.5. The van der Waals surface area contributed by atoms with Gasteiger partial charge >= 0.3 is 7.82 Å². The fourth-order valence-corrected chi connectivity index (χ4v) is 4.61. The molecule has 1 atom stereocenters. The Morgan fingerprint density at radius 1 is 0.963 bits per heavy atom. The van der Waals surface area contributed by atoms with Crippen molar-refractivity contribution >= 4 is 31.0 Å². The highest BCUT2D eigenvalue weighted by atomic mass is 35.5. The zero-order chi connectivity index (χ0) is 19.9. The van der Waals surface area contributed by atoms with E-state index in [9.17, 15) is 9.46 Å². The topological polar surface area (TPSA) is 55.8 Å². The van der Waals surface area contributed by atoms with Crippen LogP contribution in [-0.2, 0) is 19.2 Å². The predicted octanol–water partition coefficient (Wildman–Crippen LogP) is 6.97. The van der Waals surface area contributed by atoms with Crippen LogP contribution in [0.25, 0.3) is 0 Å². The van der Waals surface area contributed by atoms with Crippen molar-refractivity contribution in [1.82, 2.24) is 0 Å². The molecule has 0 saturated carbocycles. The molecule has 0 bridgehead atoms. The van der Waals surface area contributed by atoms with E-state index in [1.165, 1.54) is 0 Å². The fourth-order valence-electron chi connectivity index (χ4n) is 2.91. The molecule has 0 saturated heterocycles. The van der Waals surface area contributed by atoms with Gasteiger partial charge in [0, 0.05) is 21.2 Å². The summed E-state index contributed by atoms with van der Waals surface area (Å²) in [6, 6.07) is 14.0. The van der Waals surface area contributed by atoms with Gasteiger partial charge in [0.1, 0.15) is 5.60 Å². The van der Waals surface area contributed by atoms with E-state index < -0.39 is 13.4 Å². The van der Waals surface area contributed by atoms with Crippen LogP contribution in [0, 0.1) is 0 Å². The van der Waals surface area contributed by atoms with E-state index in [-0.39, 0.29) is 6.61 Å². The van der Waals surface area contributed by atoms with Crippen LogP contribution in [0.5, 0.6) is 0 Å². The van der Waals surface area contributed by atoms with Gasteiger partial charge in [0.2, 0.25) is 0 Å². The van der Waals surface area contributed by atoms with Crippen molar-refractivity contribution in [3.8, 4) is 0 Å². The van der Waals surface area contributed by atoms with Crippen molar-refractivity contribution in [1.29, 1.82) is 0 Å². The lowest BCUT2D eigenvalue weighted by atomic mass is 9.88. The SMILES string of the molecule is CCCCCCOP(=O)(O)OC(C)(c1ccccc1Cl)c1ccccc1Cl. The van der Waals surface area contributed by atoms with Crippen LogP contribution in [0.3, 0.4) is 0 Å². The Kier molecular flexibility index (Phi) is 8.36. The molecule has 2 aromatic rings. The Morgan fingerprint density at radius 3 is 1.96 bits per heavy atom. The number of benzene rings is 2. The van der Waals surface area contributed by atoms with Gasteiger partial charge in [0.25, 0.3) is 0 Å². The van der Waals surface area contributed by atoms with E-state index in [1.807, 2.05) is 0 Å². The minimum absolute atomic E-state index is 0.148. The summed E-state index contributed by atoms with van der Waals surface area (Å²) in [7, 11) is -4.35. The fraction of sp³-hybridized carbons (Fsp3) is 0.400. The summed E-state index contributed by atoms with van der Waals surface area (Å²) in [5.74, 6) is 0. The summed E-state index contributed by atoms with van der Waals surface area (Å²) in [5.41, 5.74) is -0.294. The van der Waals surface area contributed by atoms with Gasteiger partial charge in [-0.1, -0.05) is 85.8 Å². The largest absolute Gasteiger partial charge is 0.473 e. The van der Waals surface area contributed by atoms with Crippen LogP contribution in [0.15, 0.2) is 48.5 Å². The summed E-state index contributed by atoms with van der Waals surface area (Å²) in [4.78, 5) is 10.3. The van der Waals surface area contributed by atoms with Gasteiger partial charge in [-0.2, -0.15) is 0 Å². The van der Waals surface area contributed by atoms with Crippen molar-refractivity contribution in [2.24, 2.45) is 0 Å². The van der Waals surface area contributed by atoms with E-state index in [1.54, 1.807) is 55.5 Å². The maximum atomic E-state index is 12.7. The molecule has 0 heterocycles. The van der Waals surface area contributed by atoms with E-state index in [4.69, 9.17) is 32.2 Å². The number of rotatable bonds is 10. The number of halogens is 2. The third-order valence-corrected chi connectivity index (χ3v) is 6.09. The number of hydrogen-bond acceptors (Lipinski definition) is 3. The first-order chi connectivity index (χ1) is 12.8. The number of unbranched alkanes of at least 4 members (excludes halogenated alkanes) is 3. The van der Waals surface area contributed by atoms with Crippen LogP contribution in [0.2, 0.25) is 10.0 Å². The first-order valence-electron chi connectivity index (χ1n) is 8.98. The molecule has 0 aliphatic rings. The molecule has 2 rings (SSSR count). The quantitative estimate of drug-likeness (QED) is 0.326. The average molecular weight is 431 g/mol. The molecule has 27 heavy (non-hydrogen) atoms. The lowest BCUT2D eigenvalue weighted by molar-refractivity contribution is 0.0608. The first-order valence-corrected chi connectivity index (χ1v) is 11.2. The zero-order valence-electron chi connectivity index (χ0n) is 15.5. The highest BCUT2D eigenvalue weighted by molar-refractivity contribution is 7.47. The smallest absolute Gasteiger partial charge is 0.302 e. The average Bonchev–Trinajstić information content (AvgIpc) is 2.61. The molecule has 4 nitrogen and oxygen atoms in total. The number of phosphoric ester groups is 1. The predicted molar refractivity (Wildman–Crippen MR) is 110 cm³/mol. The second-order valence-electron chi connectivity index (χ2n) is 6.45. The van der Waals surface area contributed by atoms with Crippen molar-refractivity contribution in [3.63, 3.8) is 0 Å². The molecular formula is C20H25Cl2O4P. The van der Waals surface area contributed by atoms with Gasteiger partial charge in [-0.15, -0.1) is 0 Å². The molecule has 0 aliphatic carbocycles. The highest BCUT2D eigenvalue weighted by Crippen LogP contribution is 2.54. The van der Waals surface area contributed by atoms with E-state index in [0.717, 1.165) is 19.3 Å². The van der Waals surface area contributed by atoms with Crippen LogP contribution in [0.4, 0.5) is 0 Å². The molecule has 0 aliphatic heterocycles. The molecule has 0 spiro atoms. The van der Waals surface area contributed by atoms with E-state index in [2.05, 4.69) is 6.92 Å². The van der Waals surface area contributed by atoms with Crippen LogP contribution >= 0.6 is 31.0 Å². The van der Waals surface area contributed by atoms with Crippen molar-refractivity contribution in [3.05, 3.63) is 69.7 Å². The molecule has 7 heteroatoms. The normalized spacial score (nSPS) is 14.1. The Hall–Kier alpha value is -0.870. The second-order valence-corrected chi connectivity index (χ2v) is 8.64. The minimum Gasteiger partial charge on any atom is -0.302 e. The van der Waals surface area contributed by atoms with Crippen LogP contribution in [0.1, 0.15) is 50.7 Å². The zero-order valence-corrected chi connectivity index (χ0v) is 17.9. The Morgan fingerprint density at radius 2 is 1.48 bits per heavy atom. The van der Waals surface area contributed by atoms with E-state index in [0.29, 0.717) is 27.6 Å². The molecule has 148 valence electrons. The summed E-state index contributed by atoms with van der Waals surface area (Å²) in [6.07, 6.45) is 3.75. The summed E-state index contributed by atoms with van der Waals surface area (Å²) in [5, 5.41) is 0.811. The molecule has 1 unspecified atom stereocenters. The molecule has 0 fully saturated rings. The molecular weight excluding hydrogens is 406 g/mol. The Balaban J connectivity index is 2.33. The molecule has 0 aromatic heterocycles. The van der Waals surface area contributed by atoms with Crippen molar-refractivity contribution in [2.75, 3.05) is 6.61 Å². The van der Waals surface area contributed by atoms with E-state index >= 15 is 0 Å². The Labute approximate surface area is 171 Å². The van der Waals surface area contributed by atoms with Crippen molar-refractivity contribution in [2.45, 2.75) is 45.1 Å². The molecule has 0 amide bonds. The van der Waals surface area contributed by atoms with Crippen LogP contribution < -0.4 is 0 Å². The minimum atomic E-state index is -4.35. The lowest BCUT2D eigenvalue weighted by Crippen LogP contribution is -2.27. The van der Waals surface area contributed by atoms with Gasteiger partial charge in [-0.25, -0.2) is 4.57 Å². The van der Waals surface area contributed by atoms with Gasteiger partial charge in [0.15, 0.2) is 0 Å². The van der Waals surface area contributed by atoms with Gasteiger partial charge in [-0.05, 0) is 25.5 Å². The van der Waals surface area contributed by atoms with Gasteiger partial charge in [-0.3, -0.25) is 9.05 Å². The monoisotopic (exact) mass is 430 g/mol. The molecule has 2 aromatic carbocycles. The van der Waals surface area contributed by atoms with Crippen molar-refractivity contribution < 1.29 is 18.5 Å². The number of hydrogen-bond donors (Lipinski definition) is 1. The third kappa shape index (κ3) is 6.05. The lowest BCUT2D eigenvalue weighted by Gasteiger charge is -2.33. The maximum Gasteiger partial charge on any atom is 0.473 e. The summed E-state index contributed by atoms with van der Waals surface area (Å²) in [6.45, 7) is 3.91.